The van der Waals surface area contributed by atoms with Gasteiger partial charge in [0.15, 0.2) is 0 Å². The van der Waals surface area contributed by atoms with Crippen LogP contribution in [0.25, 0.3) is 0 Å². The summed E-state index contributed by atoms with van der Waals surface area (Å²) < 4.78 is 5.70. The number of nitrogens with zero attached hydrogens (tertiary/aromatic N) is 2. The molecule has 1 fully saturated rings. The quantitative estimate of drug-likeness (QED) is 0.843. The van der Waals surface area contributed by atoms with Crippen molar-refractivity contribution in [2.75, 3.05) is 44.4 Å². The fourth-order valence-electron chi connectivity index (χ4n) is 2.64. The van der Waals surface area contributed by atoms with Gasteiger partial charge in [-0.25, -0.2) is 0 Å². The molecule has 0 saturated carbocycles. The molecule has 1 aromatic carbocycles. The van der Waals surface area contributed by atoms with Crippen molar-refractivity contribution in [3.05, 3.63) is 23.8 Å². The van der Waals surface area contributed by atoms with Gasteiger partial charge < -0.3 is 20.3 Å². The van der Waals surface area contributed by atoms with E-state index in [-0.39, 0.29) is 12.0 Å². The van der Waals surface area contributed by atoms with E-state index in [0.717, 1.165) is 38.2 Å². The largest absolute Gasteiger partial charge is 0.397 e. The Labute approximate surface area is 126 Å². The van der Waals surface area contributed by atoms with E-state index in [1.165, 1.54) is 0 Å². The zero-order chi connectivity index (χ0) is 15.4. The number of amides is 1. The van der Waals surface area contributed by atoms with Gasteiger partial charge in [0.25, 0.3) is 5.91 Å². The molecule has 1 saturated heterocycles. The topological polar surface area (TPSA) is 58.8 Å². The van der Waals surface area contributed by atoms with Crippen LogP contribution in [0.15, 0.2) is 18.2 Å². The average Bonchev–Trinajstić information content (AvgIpc) is 2.97. The number of carbonyl (C=O) groups excluding carboxylic acids is 1. The van der Waals surface area contributed by atoms with Crippen LogP contribution in [0.3, 0.4) is 0 Å². The molecule has 1 aromatic rings. The Morgan fingerprint density at radius 2 is 2.19 bits per heavy atom. The SMILES string of the molecule is CCN(CC1CCCO1)c1cc(C(=O)N(C)C)ccc1N. The van der Waals surface area contributed by atoms with Crippen LogP contribution in [0.1, 0.15) is 30.1 Å². The monoisotopic (exact) mass is 291 g/mol. The Kier molecular flexibility index (Phi) is 5.07. The van der Waals surface area contributed by atoms with Crippen LogP contribution in [-0.2, 0) is 4.74 Å². The first kappa shape index (κ1) is 15.6. The maximum atomic E-state index is 12.1. The number of nitrogen functional groups attached to an aromatic ring is 1. The Morgan fingerprint density at radius 3 is 2.76 bits per heavy atom. The second-order valence-corrected chi connectivity index (χ2v) is 5.65. The number of anilines is 2. The van der Waals surface area contributed by atoms with Gasteiger partial charge >= 0.3 is 0 Å². The van der Waals surface area contributed by atoms with Crippen molar-refractivity contribution in [2.24, 2.45) is 0 Å². The summed E-state index contributed by atoms with van der Waals surface area (Å²) in [4.78, 5) is 15.9. The number of hydrogen-bond donors (Lipinski definition) is 1. The van der Waals surface area contributed by atoms with Gasteiger partial charge in [0.05, 0.1) is 17.5 Å². The first-order chi connectivity index (χ1) is 10.0. The van der Waals surface area contributed by atoms with Crippen molar-refractivity contribution in [1.29, 1.82) is 0 Å². The molecule has 0 aliphatic carbocycles. The van der Waals surface area contributed by atoms with Gasteiger partial charge in [-0.05, 0) is 38.0 Å². The van der Waals surface area contributed by atoms with E-state index < -0.39 is 0 Å². The summed E-state index contributed by atoms with van der Waals surface area (Å²) in [6.07, 6.45) is 2.47. The highest BCUT2D eigenvalue weighted by Crippen LogP contribution is 2.26. The first-order valence-electron chi connectivity index (χ1n) is 7.50. The minimum absolute atomic E-state index is 0.00980. The molecular formula is C16H25N3O2. The zero-order valence-electron chi connectivity index (χ0n) is 13.1. The third kappa shape index (κ3) is 3.67. The zero-order valence-corrected chi connectivity index (χ0v) is 13.1. The van der Waals surface area contributed by atoms with Crippen molar-refractivity contribution in [3.8, 4) is 0 Å². The van der Waals surface area contributed by atoms with E-state index in [1.807, 2.05) is 12.1 Å². The van der Waals surface area contributed by atoms with E-state index >= 15 is 0 Å². The lowest BCUT2D eigenvalue weighted by Gasteiger charge is -2.27. The van der Waals surface area contributed by atoms with Gasteiger partial charge in [0.1, 0.15) is 0 Å². The van der Waals surface area contributed by atoms with E-state index in [1.54, 1.807) is 25.1 Å². The molecule has 5 nitrogen and oxygen atoms in total. The van der Waals surface area contributed by atoms with Crippen LogP contribution in [-0.4, -0.2) is 50.7 Å². The third-order valence-electron chi connectivity index (χ3n) is 3.85. The summed E-state index contributed by atoms with van der Waals surface area (Å²) in [7, 11) is 3.50. The van der Waals surface area contributed by atoms with Crippen molar-refractivity contribution in [2.45, 2.75) is 25.9 Å². The van der Waals surface area contributed by atoms with Crippen LogP contribution < -0.4 is 10.6 Å². The molecule has 1 atom stereocenters. The number of carbonyl (C=O) groups is 1. The summed E-state index contributed by atoms with van der Waals surface area (Å²) in [5, 5.41) is 0. The molecular weight excluding hydrogens is 266 g/mol. The molecule has 1 aliphatic rings. The van der Waals surface area contributed by atoms with Crippen LogP contribution in [0, 0.1) is 0 Å². The minimum Gasteiger partial charge on any atom is -0.397 e. The molecule has 1 amide bonds. The number of ether oxygens (including phenoxy) is 1. The fraction of sp³-hybridized carbons (Fsp3) is 0.562. The normalized spacial score (nSPS) is 17.8. The first-order valence-corrected chi connectivity index (χ1v) is 7.50. The van der Waals surface area contributed by atoms with Gasteiger partial charge in [0.2, 0.25) is 0 Å². The molecule has 2 rings (SSSR count). The van der Waals surface area contributed by atoms with E-state index in [0.29, 0.717) is 11.3 Å². The maximum absolute atomic E-state index is 12.1. The highest BCUT2D eigenvalue weighted by atomic mass is 16.5. The van der Waals surface area contributed by atoms with E-state index in [2.05, 4.69) is 11.8 Å². The molecule has 116 valence electrons. The Morgan fingerprint density at radius 1 is 1.43 bits per heavy atom. The molecule has 1 aliphatic heterocycles. The Hall–Kier alpha value is -1.75. The van der Waals surface area contributed by atoms with Crippen LogP contribution in [0.4, 0.5) is 11.4 Å². The predicted octanol–water partition coefficient (Wildman–Crippen LogP) is 1.98. The molecule has 0 aromatic heterocycles. The summed E-state index contributed by atoms with van der Waals surface area (Å²) in [6, 6.07) is 5.47. The molecule has 1 unspecified atom stereocenters. The number of benzene rings is 1. The molecule has 2 N–H and O–H groups in total. The lowest BCUT2D eigenvalue weighted by molar-refractivity contribution is 0.0827. The van der Waals surface area contributed by atoms with Crippen LogP contribution in [0.5, 0.6) is 0 Å². The second-order valence-electron chi connectivity index (χ2n) is 5.65. The summed E-state index contributed by atoms with van der Waals surface area (Å²) in [6.45, 7) is 4.59. The second kappa shape index (κ2) is 6.80. The van der Waals surface area contributed by atoms with Gasteiger partial charge in [-0.1, -0.05) is 0 Å². The van der Waals surface area contributed by atoms with Gasteiger partial charge in [-0.15, -0.1) is 0 Å². The Bertz CT molecular complexity index is 496. The van der Waals surface area contributed by atoms with Crippen LogP contribution >= 0.6 is 0 Å². The minimum atomic E-state index is -0.00980. The predicted molar refractivity (Wildman–Crippen MR) is 85.7 cm³/mol. The van der Waals surface area contributed by atoms with Crippen LogP contribution in [0.2, 0.25) is 0 Å². The smallest absolute Gasteiger partial charge is 0.253 e. The lowest BCUT2D eigenvalue weighted by atomic mass is 10.1. The Balaban J connectivity index is 2.22. The van der Waals surface area contributed by atoms with Crippen molar-refractivity contribution in [1.82, 2.24) is 4.90 Å². The lowest BCUT2D eigenvalue weighted by Crippen LogP contribution is -2.33. The molecule has 0 radical (unpaired) electrons. The van der Waals surface area contributed by atoms with Crippen molar-refractivity contribution >= 4 is 17.3 Å². The number of hydrogen-bond acceptors (Lipinski definition) is 4. The fourth-order valence-corrected chi connectivity index (χ4v) is 2.64. The number of rotatable bonds is 5. The molecule has 0 bridgehead atoms. The van der Waals surface area contributed by atoms with E-state index in [9.17, 15) is 4.79 Å². The summed E-state index contributed by atoms with van der Waals surface area (Å²) >= 11 is 0. The highest BCUT2D eigenvalue weighted by Gasteiger charge is 2.20. The summed E-state index contributed by atoms with van der Waals surface area (Å²) in [5.74, 6) is -0.00980. The molecule has 1 heterocycles. The standard InChI is InChI=1S/C16H25N3O2/c1-4-19(11-13-6-5-9-21-13)15-10-12(7-8-14(15)17)16(20)18(2)3/h7-8,10,13H,4-6,9,11,17H2,1-3H3. The van der Waals surface area contributed by atoms with Gasteiger partial charge in [-0.2, -0.15) is 0 Å². The number of likely N-dealkylation sites (N-methyl/N-ethyl adjacent to an activating group) is 1. The summed E-state index contributed by atoms with van der Waals surface area (Å²) in [5.41, 5.74) is 8.39. The third-order valence-corrected chi connectivity index (χ3v) is 3.85. The maximum Gasteiger partial charge on any atom is 0.253 e. The van der Waals surface area contributed by atoms with Crippen molar-refractivity contribution < 1.29 is 9.53 Å². The molecule has 0 spiro atoms. The molecule has 21 heavy (non-hydrogen) atoms. The highest BCUT2D eigenvalue weighted by molar-refractivity contribution is 5.96. The van der Waals surface area contributed by atoms with Crippen molar-refractivity contribution in [3.63, 3.8) is 0 Å². The van der Waals surface area contributed by atoms with E-state index in [4.69, 9.17) is 10.5 Å². The van der Waals surface area contributed by atoms with Gasteiger partial charge in [-0.3, -0.25) is 4.79 Å². The number of nitrogens with two attached hydrogens (primary N) is 1. The molecule has 5 heteroatoms. The van der Waals surface area contributed by atoms with Gasteiger partial charge in [0, 0.05) is 39.4 Å². The average molecular weight is 291 g/mol.